The minimum Gasteiger partial charge on any atom is -0.480 e. The van der Waals surface area contributed by atoms with Gasteiger partial charge in [-0.15, -0.1) is 0 Å². The van der Waals surface area contributed by atoms with Crippen LogP contribution in [0.2, 0.25) is 0 Å². The van der Waals surface area contributed by atoms with Crippen LogP contribution in [0.1, 0.15) is 33.6 Å². The van der Waals surface area contributed by atoms with Gasteiger partial charge >= 0.3 is 12.1 Å². The zero-order valence-electron chi connectivity index (χ0n) is 33.5. The molecule has 2 amide bonds. The van der Waals surface area contributed by atoms with Crippen molar-refractivity contribution in [3.63, 3.8) is 0 Å². The van der Waals surface area contributed by atoms with E-state index in [9.17, 15) is 19.5 Å². The van der Waals surface area contributed by atoms with E-state index in [0.29, 0.717) is 145 Å². The molecule has 0 saturated carbocycles. The van der Waals surface area contributed by atoms with Crippen molar-refractivity contribution in [2.75, 3.05) is 166 Å². The smallest absolute Gasteiger partial charge is 0.411 e. The van der Waals surface area contributed by atoms with Gasteiger partial charge in [0.05, 0.1) is 152 Å². The molecule has 0 aromatic heterocycles. The van der Waals surface area contributed by atoms with Crippen LogP contribution in [0.15, 0.2) is 0 Å². The average molecular weight is 801 g/mol. The standard InChI is InChI=1S/C36H68N2O17/c1-36(2,3)55-35(42)38-30-31(29-32(38)34(40)41)37-33(39)5-6-44-9-10-46-13-14-48-17-18-50-21-22-52-25-26-54-28-27-53-24-23-51-20-19-49-16-15-47-12-11-45-8-7-43-4/h31-32H,5-30H2,1-4H3,(H,37,39)(H,40,41). The zero-order chi connectivity index (χ0) is 40.2. The molecule has 1 aliphatic rings. The van der Waals surface area contributed by atoms with Gasteiger partial charge in [-0.2, -0.15) is 0 Å². The summed E-state index contributed by atoms with van der Waals surface area (Å²) < 4.78 is 70.0. The Balaban J connectivity index is 1.77. The van der Waals surface area contributed by atoms with Crippen molar-refractivity contribution in [3.8, 4) is 0 Å². The van der Waals surface area contributed by atoms with E-state index >= 15 is 0 Å². The first-order chi connectivity index (χ1) is 26.6. The van der Waals surface area contributed by atoms with Crippen LogP contribution in [0.4, 0.5) is 4.79 Å². The number of hydrogen-bond acceptors (Lipinski definition) is 16. The number of carboxylic acid groups (broad SMARTS) is 1. The monoisotopic (exact) mass is 800 g/mol. The molecule has 19 heteroatoms. The molecule has 1 rings (SSSR count). The van der Waals surface area contributed by atoms with Gasteiger partial charge in [-0.05, 0) is 20.8 Å². The highest BCUT2D eigenvalue weighted by molar-refractivity contribution is 5.82. The first-order valence-corrected chi connectivity index (χ1v) is 19.0. The fourth-order valence-electron chi connectivity index (χ4n) is 4.61. The minimum atomic E-state index is -1.14. The number of nitrogens with zero attached hydrogens (tertiary/aromatic N) is 1. The molecule has 19 nitrogen and oxygen atoms in total. The van der Waals surface area contributed by atoms with Crippen LogP contribution in [0, 0.1) is 0 Å². The molecule has 2 atom stereocenters. The Labute approximate surface area is 326 Å². The highest BCUT2D eigenvalue weighted by atomic mass is 16.6. The normalized spacial score (nSPS) is 15.8. The third-order valence-electron chi connectivity index (χ3n) is 7.20. The molecule has 1 aliphatic heterocycles. The summed E-state index contributed by atoms with van der Waals surface area (Å²) in [5, 5.41) is 12.3. The lowest BCUT2D eigenvalue weighted by molar-refractivity contribution is -0.142. The van der Waals surface area contributed by atoms with E-state index in [2.05, 4.69) is 5.32 Å². The largest absolute Gasteiger partial charge is 0.480 e. The Bertz CT molecular complexity index is 943. The van der Waals surface area contributed by atoms with Crippen LogP contribution in [0.5, 0.6) is 0 Å². The van der Waals surface area contributed by atoms with Crippen molar-refractivity contribution in [3.05, 3.63) is 0 Å². The van der Waals surface area contributed by atoms with Crippen molar-refractivity contribution in [2.45, 2.75) is 51.3 Å². The van der Waals surface area contributed by atoms with Gasteiger partial charge in [0.2, 0.25) is 5.91 Å². The van der Waals surface area contributed by atoms with Gasteiger partial charge in [0.1, 0.15) is 11.6 Å². The number of aliphatic carboxylic acids is 1. The first kappa shape index (κ1) is 50.7. The van der Waals surface area contributed by atoms with Crippen LogP contribution < -0.4 is 5.32 Å². The average Bonchev–Trinajstić information content (AvgIpc) is 3.57. The van der Waals surface area contributed by atoms with Crippen LogP contribution in [0.25, 0.3) is 0 Å². The second-order valence-electron chi connectivity index (χ2n) is 13.0. The van der Waals surface area contributed by atoms with Gasteiger partial charge in [-0.3, -0.25) is 9.69 Å². The summed E-state index contributed by atoms with van der Waals surface area (Å²) >= 11 is 0. The predicted molar refractivity (Wildman–Crippen MR) is 196 cm³/mol. The first-order valence-electron chi connectivity index (χ1n) is 19.0. The number of likely N-dealkylation sites (tertiary alicyclic amines) is 1. The molecule has 0 aromatic rings. The number of carboxylic acids is 1. The Morgan fingerprint density at radius 3 is 1.15 bits per heavy atom. The van der Waals surface area contributed by atoms with E-state index in [1.807, 2.05) is 0 Å². The third-order valence-corrected chi connectivity index (χ3v) is 7.20. The van der Waals surface area contributed by atoms with Crippen molar-refractivity contribution < 1.29 is 81.1 Å². The number of hydrogen-bond donors (Lipinski definition) is 2. The Morgan fingerprint density at radius 1 is 0.545 bits per heavy atom. The lowest BCUT2D eigenvalue weighted by atomic mass is 10.1. The van der Waals surface area contributed by atoms with Crippen molar-refractivity contribution in [2.24, 2.45) is 0 Å². The Kier molecular flexibility index (Phi) is 32.2. The molecule has 1 heterocycles. The second-order valence-corrected chi connectivity index (χ2v) is 13.0. The lowest BCUT2D eigenvalue weighted by Crippen LogP contribution is -2.44. The highest BCUT2D eigenvalue weighted by Crippen LogP contribution is 2.22. The predicted octanol–water partition coefficient (Wildman–Crippen LogP) is 0.784. The minimum absolute atomic E-state index is 0.0616. The van der Waals surface area contributed by atoms with Crippen molar-refractivity contribution in [1.82, 2.24) is 10.2 Å². The quantitative estimate of drug-likeness (QED) is 0.0828. The number of amides is 2. The van der Waals surface area contributed by atoms with Gasteiger partial charge in [0.25, 0.3) is 0 Å². The van der Waals surface area contributed by atoms with Gasteiger partial charge < -0.3 is 72.0 Å². The third kappa shape index (κ3) is 31.5. The topological polar surface area (TPSA) is 207 Å². The molecule has 0 spiro atoms. The Hall–Kier alpha value is -2.27. The molecule has 324 valence electrons. The molecule has 2 unspecified atom stereocenters. The van der Waals surface area contributed by atoms with Gasteiger partial charge in [0, 0.05) is 32.5 Å². The molecule has 0 aromatic carbocycles. The fourth-order valence-corrected chi connectivity index (χ4v) is 4.61. The zero-order valence-corrected chi connectivity index (χ0v) is 33.5. The number of carbonyl (C=O) groups excluding carboxylic acids is 2. The van der Waals surface area contributed by atoms with Gasteiger partial charge in [-0.1, -0.05) is 0 Å². The molecule has 55 heavy (non-hydrogen) atoms. The maximum absolute atomic E-state index is 12.4. The van der Waals surface area contributed by atoms with E-state index in [0.717, 1.165) is 4.90 Å². The van der Waals surface area contributed by atoms with Crippen LogP contribution in [0.3, 0.4) is 0 Å². The SMILES string of the molecule is COCCOCCOCCOCCOCCOCCOCCOCCOCCOCCOCCOCCC(=O)NC1CC(C(=O)O)N(C(=O)OC(C)(C)C)C1. The van der Waals surface area contributed by atoms with E-state index in [-0.39, 0.29) is 31.9 Å². The number of carbonyl (C=O) groups is 3. The molecule has 1 saturated heterocycles. The fraction of sp³-hybridized carbons (Fsp3) is 0.917. The molecular formula is C36H68N2O17. The number of methoxy groups -OCH3 is 1. The van der Waals surface area contributed by atoms with Gasteiger partial charge in [-0.25, -0.2) is 9.59 Å². The molecule has 0 radical (unpaired) electrons. The van der Waals surface area contributed by atoms with E-state index < -0.39 is 29.7 Å². The Morgan fingerprint density at radius 2 is 0.855 bits per heavy atom. The number of rotatable bonds is 38. The highest BCUT2D eigenvalue weighted by Gasteiger charge is 2.42. The molecule has 0 aliphatic carbocycles. The van der Waals surface area contributed by atoms with E-state index in [4.69, 9.17) is 61.6 Å². The maximum atomic E-state index is 12.4. The summed E-state index contributed by atoms with van der Waals surface area (Å²) in [6, 6.07) is -1.54. The summed E-state index contributed by atoms with van der Waals surface area (Å²) in [7, 11) is 1.64. The number of ether oxygens (including phenoxy) is 13. The summed E-state index contributed by atoms with van der Waals surface area (Å²) in [4.78, 5) is 37.5. The maximum Gasteiger partial charge on any atom is 0.411 e. The molecule has 1 fully saturated rings. The summed E-state index contributed by atoms with van der Waals surface area (Å²) in [5.74, 6) is -1.43. The van der Waals surface area contributed by atoms with Crippen LogP contribution in [-0.4, -0.2) is 211 Å². The van der Waals surface area contributed by atoms with Crippen LogP contribution >= 0.6 is 0 Å². The molecular weight excluding hydrogens is 732 g/mol. The van der Waals surface area contributed by atoms with E-state index in [1.165, 1.54) is 0 Å². The molecule has 2 N–H and O–H groups in total. The van der Waals surface area contributed by atoms with E-state index in [1.54, 1.807) is 27.9 Å². The summed E-state index contributed by atoms with van der Waals surface area (Å²) in [6.45, 7) is 15.8. The summed E-state index contributed by atoms with van der Waals surface area (Å²) in [5.41, 5.74) is -0.758. The van der Waals surface area contributed by atoms with Crippen molar-refractivity contribution >= 4 is 18.0 Å². The molecule has 0 bridgehead atoms. The van der Waals surface area contributed by atoms with Crippen molar-refractivity contribution in [1.29, 1.82) is 0 Å². The second kappa shape index (κ2) is 34.9. The lowest BCUT2D eigenvalue weighted by Gasteiger charge is -2.26. The van der Waals surface area contributed by atoms with Gasteiger partial charge in [0.15, 0.2) is 0 Å². The number of nitrogens with one attached hydrogen (secondary N) is 1. The van der Waals surface area contributed by atoms with Crippen LogP contribution in [-0.2, 0) is 71.2 Å². The summed E-state index contributed by atoms with van der Waals surface area (Å²) in [6.07, 6.45) is -0.515.